The molecule has 0 aliphatic carbocycles. The van der Waals surface area contributed by atoms with Crippen molar-refractivity contribution in [2.24, 2.45) is 5.84 Å². The maximum absolute atomic E-state index is 5.63. The summed E-state index contributed by atoms with van der Waals surface area (Å²) in [5, 5.41) is 3.93. The third-order valence-corrected chi connectivity index (χ3v) is 1.62. The Bertz CT molecular complexity index is 299. The number of nitrogens with zero attached hydrogens (tertiary/aromatic N) is 2. The lowest BCUT2D eigenvalue weighted by atomic mass is 10.4. The fourth-order valence-electron chi connectivity index (χ4n) is 0.829. The zero-order valence-corrected chi connectivity index (χ0v) is 10.1. The summed E-state index contributed by atoms with van der Waals surface area (Å²) in [6.07, 6.45) is 0.820. The van der Waals surface area contributed by atoms with E-state index in [0.29, 0.717) is 19.1 Å². The van der Waals surface area contributed by atoms with Crippen molar-refractivity contribution in [1.29, 1.82) is 0 Å². The average molecular weight is 234 g/mol. The van der Waals surface area contributed by atoms with Gasteiger partial charge in [0.15, 0.2) is 0 Å². The number of ether oxygens (including phenoxy) is 1. The molecule has 7 heteroatoms. The van der Waals surface area contributed by atoms with Gasteiger partial charge in [0, 0.05) is 20.3 Å². The van der Waals surface area contributed by atoms with Crippen LogP contribution in [0.25, 0.3) is 0 Å². The molecular weight excluding hydrogens is 216 g/mol. The van der Waals surface area contributed by atoms with Crippen molar-refractivity contribution in [3.8, 4) is 0 Å². The smallest absolute Gasteiger partial charge is 0.315 e. The summed E-state index contributed by atoms with van der Waals surface area (Å²) in [7, 11) is 1.64. The summed E-state index contributed by atoms with van der Waals surface area (Å²) in [4.78, 5) is 3.99. The Morgan fingerprint density at radius 2 is 2.27 bits per heavy atom. The number of anilines is 1. The molecule has 6 nitrogen and oxygen atoms in total. The van der Waals surface area contributed by atoms with Gasteiger partial charge in [-0.05, 0) is 18.6 Å². The minimum atomic E-state index is 0.150. The highest BCUT2D eigenvalue weighted by molar-refractivity contribution is 7.71. The van der Waals surface area contributed by atoms with Gasteiger partial charge >= 0.3 is 4.84 Å². The first-order valence-electron chi connectivity index (χ1n) is 4.80. The van der Waals surface area contributed by atoms with Crippen LogP contribution in [0.1, 0.15) is 20.3 Å². The topological polar surface area (TPSA) is 80.3 Å². The second-order valence-electron chi connectivity index (χ2n) is 2.45. The third-order valence-electron chi connectivity index (χ3n) is 1.45. The average Bonchev–Trinajstić information content (AvgIpc) is 2.68. The van der Waals surface area contributed by atoms with E-state index in [9.17, 15) is 0 Å². The van der Waals surface area contributed by atoms with Crippen LogP contribution in [0.2, 0.25) is 0 Å². The zero-order chi connectivity index (χ0) is 11.7. The number of nitrogens with one attached hydrogen (secondary N) is 1. The fraction of sp³-hybridized carbons (Fsp3) is 0.750. The summed E-state index contributed by atoms with van der Waals surface area (Å²) in [6, 6.07) is 0. The second kappa shape index (κ2) is 8.39. The van der Waals surface area contributed by atoms with Crippen molar-refractivity contribution < 1.29 is 9.26 Å². The van der Waals surface area contributed by atoms with Crippen LogP contribution in [0.15, 0.2) is 4.52 Å². The number of nitrogens with two attached hydrogens (primary N) is 1. The molecule has 0 fully saturated rings. The van der Waals surface area contributed by atoms with Gasteiger partial charge in [0.1, 0.15) is 0 Å². The van der Waals surface area contributed by atoms with Crippen molar-refractivity contribution in [3.05, 3.63) is 4.84 Å². The van der Waals surface area contributed by atoms with Crippen molar-refractivity contribution in [2.75, 3.05) is 25.3 Å². The van der Waals surface area contributed by atoms with Crippen molar-refractivity contribution in [3.63, 3.8) is 0 Å². The minimum absolute atomic E-state index is 0.150. The first kappa shape index (κ1) is 14.1. The van der Waals surface area contributed by atoms with Gasteiger partial charge in [-0.2, -0.15) is 10.1 Å². The molecule has 0 bridgehead atoms. The van der Waals surface area contributed by atoms with Gasteiger partial charge in [-0.3, -0.25) is 5.01 Å². The van der Waals surface area contributed by atoms with Crippen LogP contribution in [-0.2, 0) is 4.74 Å². The van der Waals surface area contributed by atoms with Gasteiger partial charge < -0.3 is 9.26 Å². The lowest BCUT2D eigenvalue weighted by Gasteiger charge is -2.12. The van der Waals surface area contributed by atoms with Crippen LogP contribution >= 0.6 is 12.2 Å². The van der Waals surface area contributed by atoms with Gasteiger partial charge in [0.2, 0.25) is 0 Å². The molecule has 0 amide bonds. The monoisotopic (exact) mass is 234 g/mol. The Kier molecular flexibility index (Phi) is 7.88. The Hall–Kier alpha value is -0.920. The van der Waals surface area contributed by atoms with Crippen LogP contribution in [0.3, 0.4) is 0 Å². The normalized spacial score (nSPS) is 9.33. The zero-order valence-electron chi connectivity index (χ0n) is 9.32. The number of hydrogen-bond donors (Lipinski definition) is 2. The molecule has 1 aromatic heterocycles. The van der Waals surface area contributed by atoms with E-state index in [-0.39, 0.29) is 4.84 Å². The number of hydrazine groups is 1. The van der Waals surface area contributed by atoms with Crippen LogP contribution < -0.4 is 10.9 Å². The number of H-pyrrole nitrogens is 1. The highest BCUT2D eigenvalue weighted by atomic mass is 32.1. The van der Waals surface area contributed by atoms with Gasteiger partial charge in [-0.15, -0.1) is 0 Å². The van der Waals surface area contributed by atoms with E-state index in [1.165, 1.54) is 5.01 Å². The SMILES string of the molecule is CC.COCCCN(N)c1nc(=S)o[nH]1. The highest BCUT2D eigenvalue weighted by Gasteiger charge is 2.04. The van der Waals surface area contributed by atoms with E-state index in [2.05, 4.69) is 22.4 Å². The Balaban J connectivity index is 0.000000921. The molecule has 1 rings (SSSR count). The van der Waals surface area contributed by atoms with Crippen LogP contribution in [0.4, 0.5) is 5.95 Å². The Morgan fingerprint density at radius 1 is 1.60 bits per heavy atom. The maximum atomic E-state index is 5.63. The first-order chi connectivity index (χ1) is 7.24. The number of rotatable bonds is 5. The van der Waals surface area contributed by atoms with Crippen LogP contribution in [-0.4, -0.2) is 30.4 Å². The molecule has 0 radical (unpaired) electrons. The molecule has 3 N–H and O–H groups in total. The molecule has 0 spiro atoms. The number of aromatic amines is 1. The van der Waals surface area contributed by atoms with Gasteiger partial charge in [0.05, 0.1) is 0 Å². The molecule has 1 heterocycles. The van der Waals surface area contributed by atoms with Crippen molar-refractivity contribution in [2.45, 2.75) is 20.3 Å². The Labute approximate surface area is 94.4 Å². The molecule has 0 atom stereocenters. The molecule has 0 aliphatic rings. The number of hydrogen-bond acceptors (Lipinski definition) is 6. The number of methoxy groups -OCH3 is 1. The fourth-order valence-corrected chi connectivity index (χ4v) is 0.958. The second-order valence-corrected chi connectivity index (χ2v) is 2.79. The van der Waals surface area contributed by atoms with Crippen molar-refractivity contribution >= 4 is 18.2 Å². The van der Waals surface area contributed by atoms with E-state index >= 15 is 0 Å². The van der Waals surface area contributed by atoms with Crippen LogP contribution in [0, 0.1) is 4.84 Å². The van der Waals surface area contributed by atoms with E-state index in [0.717, 1.165) is 6.42 Å². The first-order valence-corrected chi connectivity index (χ1v) is 5.21. The van der Waals surface area contributed by atoms with E-state index < -0.39 is 0 Å². The molecule has 0 saturated carbocycles. The van der Waals surface area contributed by atoms with Gasteiger partial charge in [-0.1, -0.05) is 13.8 Å². The van der Waals surface area contributed by atoms with E-state index in [4.69, 9.17) is 15.1 Å². The molecule has 88 valence electrons. The quantitative estimate of drug-likeness (QED) is 0.347. The van der Waals surface area contributed by atoms with E-state index in [1.54, 1.807) is 7.11 Å². The van der Waals surface area contributed by atoms with Gasteiger partial charge in [0.25, 0.3) is 5.95 Å². The lowest BCUT2D eigenvalue weighted by molar-refractivity contribution is 0.196. The molecule has 0 unspecified atom stereocenters. The van der Waals surface area contributed by atoms with E-state index in [1.807, 2.05) is 13.8 Å². The molecule has 0 saturated heterocycles. The summed E-state index contributed by atoms with van der Waals surface area (Å²) in [5.74, 6) is 6.06. The molecule has 0 aromatic carbocycles. The summed E-state index contributed by atoms with van der Waals surface area (Å²) in [5.41, 5.74) is 0. The third kappa shape index (κ3) is 5.50. The largest absolute Gasteiger partial charge is 0.385 e. The minimum Gasteiger partial charge on any atom is -0.385 e. The highest BCUT2D eigenvalue weighted by Crippen LogP contribution is 2.02. The van der Waals surface area contributed by atoms with Crippen LogP contribution in [0.5, 0.6) is 0 Å². The summed E-state index contributed by atoms with van der Waals surface area (Å²) in [6.45, 7) is 5.29. The molecule has 15 heavy (non-hydrogen) atoms. The summed E-state index contributed by atoms with van der Waals surface area (Å²) >= 11 is 4.67. The lowest BCUT2D eigenvalue weighted by Crippen LogP contribution is -2.33. The predicted octanol–water partition coefficient (Wildman–Crippen LogP) is 1.47. The van der Waals surface area contributed by atoms with Crippen molar-refractivity contribution in [1.82, 2.24) is 10.1 Å². The molecule has 1 aromatic rings. The predicted molar refractivity (Wildman–Crippen MR) is 61.1 cm³/mol. The standard InChI is InChI=1S/C6H12N4O2S.C2H6/c1-11-4-2-3-10(7)5-8-6(13)12-9-5;1-2/h2-4,7H2,1H3,(H,8,9,13);1-2H3. The summed E-state index contributed by atoms with van der Waals surface area (Å²) < 4.78 is 9.59. The number of aromatic nitrogens is 2. The maximum Gasteiger partial charge on any atom is 0.315 e. The molecule has 0 aliphatic heterocycles. The Morgan fingerprint density at radius 3 is 2.73 bits per heavy atom. The molecular formula is C8H18N4O2S. The van der Waals surface area contributed by atoms with Gasteiger partial charge in [-0.25, -0.2) is 5.84 Å².